The summed E-state index contributed by atoms with van der Waals surface area (Å²) in [5, 5.41) is 17.6. The van der Waals surface area contributed by atoms with Gasteiger partial charge in [-0.3, -0.25) is 19.2 Å². The first-order valence-corrected chi connectivity index (χ1v) is 13.3. The van der Waals surface area contributed by atoms with Gasteiger partial charge in [0.15, 0.2) is 17.3 Å². The van der Waals surface area contributed by atoms with Gasteiger partial charge in [-0.25, -0.2) is 4.39 Å². The Balaban J connectivity index is 1.41. The summed E-state index contributed by atoms with van der Waals surface area (Å²) in [6, 6.07) is 9.89. The van der Waals surface area contributed by atoms with Crippen molar-refractivity contribution in [3.05, 3.63) is 59.5 Å². The summed E-state index contributed by atoms with van der Waals surface area (Å²) in [7, 11) is 1.30. The molecule has 0 bridgehead atoms. The van der Waals surface area contributed by atoms with E-state index in [4.69, 9.17) is 8.85 Å². The van der Waals surface area contributed by atoms with Crippen LogP contribution >= 0.6 is 0 Å². The lowest BCUT2D eigenvalue weighted by molar-refractivity contribution is -0.119. The number of ether oxygens (including phenoxy) is 1. The first-order valence-electron chi connectivity index (χ1n) is 14.8. The van der Waals surface area contributed by atoms with Crippen molar-refractivity contribution < 1.29 is 32.4 Å². The van der Waals surface area contributed by atoms with Crippen molar-refractivity contribution in [3.63, 3.8) is 0 Å². The van der Waals surface area contributed by atoms with Gasteiger partial charge >= 0.3 is 0 Å². The van der Waals surface area contributed by atoms with Gasteiger partial charge in [-0.2, -0.15) is 0 Å². The van der Waals surface area contributed by atoms with Crippen LogP contribution < -0.4 is 30.9 Å². The molecule has 0 radical (unpaired) electrons. The van der Waals surface area contributed by atoms with Crippen molar-refractivity contribution in [1.82, 2.24) is 15.5 Å². The van der Waals surface area contributed by atoms with Gasteiger partial charge in [0.1, 0.15) is 5.82 Å². The predicted molar refractivity (Wildman–Crippen MR) is 154 cm³/mol. The summed E-state index contributed by atoms with van der Waals surface area (Å²) in [5.41, 5.74) is 0.00178. The van der Waals surface area contributed by atoms with Gasteiger partial charge in [-0.1, -0.05) is 6.07 Å². The molecule has 13 heteroatoms. The van der Waals surface area contributed by atoms with Gasteiger partial charge in [-0.05, 0) is 56.0 Å². The summed E-state index contributed by atoms with van der Waals surface area (Å²) >= 11 is 0. The lowest BCUT2D eigenvalue weighted by Gasteiger charge is -2.27. The smallest absolute Gasteiger partial charge is 0.273 e. The average Bonchev–Trinajstić information content (AvgIpc) is 3.84. The van der Waals surface area contributed by atoms with Crippen molar-refractivity contribution in [2.45, 2.75) is 32.1 Å². The Morgan fingerprint density at radius 2 is 1.86 bits per heavy atom. The molecule has 0 atom stereocenters. The summed E-state index contributed by atoms with van der Waals surface area (Å²) in [4.78, 5) is 52.2. The predicted octanol–water partition coefficient (Wildman–Crippen LogP) is 3.85. The molecule has 4 N–H and O–H groups in total. The molecule has 2 heterocycles. The molecule has 1 saturated heterocycles. The molecule has 1 saturated carbocycles. The standard InChI is InChI=1S/C29H30FN7O5/c1-31-29(41)25-22(15-23(35-36-25)34-27(39)16-9-10-16)32-21-7-5-6-18(26(21)42-2)28(40)33-20-12-11-17(14-19(20)30)37-13-4-3-8-24(37)38/h5-7,11-12,14-16H,3-4,8-10,13H2,1-2H3,(H,31,41)(H,33,40)(H2,32,34,35,39)/i1D3. The minimum absolute atomic E-state index is 0.00467. The second kappa shape index (κ2) is 12.2. The molecule has 218 valence electrons. The zero-order valence-corrected chi connectivity index (χ0v) is 22.6. The topological polar surface area (TPSA) is 155 Å². The van der Waals surface area contributed by atoms with Crippen LogP contribution in [0.2, 0.25) is 0 Å². The highest BCUT2D eigenvalue weighted by molar-refractivity contribution is 6.08. The molecule has 2 aliphatic rings. The van der Waals surface area contributed by atoms with E-state index in [1.165, 1.54) is 48.4 Å². The van der Waals surface area contributed by atoms with Gasteiger partial charge in [0, 0.05) is 41.7 Å². The van der Waals surface area contributed by atoms with E-state index in [-0.39, 0.29) is 51.9 Å². The lowest BCUT2D eigenvalue weighted by atomic mass is 10.1. The fourth-order valence-electron chi connectivity index (χ4n) is 4.57. The number of para-hydroxylation sites is 1. The van der Waals surface area contributed by atoms with Crippen molar-refractivity contribution in [2.75, 3.05) is 41.5 Å². The van der Waals surface area contributed by atoms with E-state index in [2.05, 4.69) is 26.1 Å². The van der Waals surface area contributed by atoms with Crippen molar-refractivity contribution in [1.29, 1.82) is 0 Å². The van der Waals surface area contributed by atoms with Crippen molar-refractivity contribution in [3.8, 4) is 5.75 Å². The van der Waals surface area contributed by atoms with Crippen LogP contribution in [-0.2, 0) is 9.59 Å². The molecule has 12 nitrogen and oxygen atoms in total. The van der Waals surface area contributed by atoms with Crippen molar-refractivity contribution in [2.24, 2.45) is 5.92 Å². The number of amides is 4. The first-order chi connectivity index (χ1) is 21.4. The number of piperidine rings is 1. The second-order valence-electron chi connectivity index (χ2n) is 9.84. The Morgan fingerprint density at radius 1 is 1.02 bits per heavy atom. The zero-order chi connectivity index (χ0) is 32.3. The Hall–Kier alpha value is -5.07. The third-order valence-corrected chi connectivity index (χ3v) is 6.89. The molecule has 2 fully saturated rings. The van der Waals surface area contributed by atoms with E-state index in [0.717, 1.165) is 25.7 Å². The number of rotatable bonds is 9. The van der Waals surface area contributed by atoms with E-state index in [1.54, 1.807) is 6.07 Å². The lowest BCUT2D eigenvalue weighted by Crippen LogP contribution is -2.35. The first kappa shape index (κ1) is 24.7. The molecule has 1 aliphatic heterocycles. The van der Waals surface area contributed by atoms with Crippen molar-refractivity contribution >= 4 is 52.2 Å². The fourth-order valence-corrected chi connectivity index (χ4v) is 4.57. The van der Waals surface area contributed by atoms with Crippen LogP contribution in [0.3, 0.4) is 0 Å². The number of benzene rings is 2. The number of halogens is 1. The quantitative estimate of drug-likeness (QED) is 0.299. The summed E-state index contributed by atoms with van der Waals surface area (Å²) in [6.07, 6.45) is 3.47. The highest BCUT2D eigenvalue weighted by Gasteiger charge is 2.30. The Bertz CT molecular complexity index is 1670. The molecule has 0 spiro atoms. The van der Waals surface area contributed by atoms with Gasteiger partial charge < -0.3 is 30.9 Å². The molecule has 2 aromatic carbocycles. The maximum Gasteiger partial charge on any atom is 0.273 e. The highest BCUT2D eigenvalue weighted by atomic mass is 19.1. The second-order valence-corrected chi connectivity index (χ2v) is 9.84. The zero-order valence-electron chi connectivity index (χ0n) is 25.6. The number of hydrogen-bond donors (Lipinski definition) is 4. The largest absolute Gasteiger partial charge is 0.494 e. The van der Waals surface area contributed by atoms with Crippen LogP contribution in [0.4, 0.5) is 33.0 Å². The van der Waals surface area contributed by atoms with E-state index in [0.29, 0.717) is 18.7 Å². The number of nitrogens with one attached hydrogen (secondary N) is 4. The number of carbonyl (C=O) groups excluding carboxylic acids is 4. The molecule has 0 unspecified atom stereocenters. The molecule has 4 amide bonds. The third-order valence-electron chi connectivity index (χ3n) is 6.89. The summed E-state index contributed by atoms with van der Waals surface area (Å²) < 4.78 is 42.7. The van der Waals surface area contributed by atoms with Crippen LogP contribution in [0, 0.1) is 11.7 Å². The molecule has 3 aromatic rings. The molecular formula is C29H30FN7O5. The Kier molecular flexibility index (Phi) is 7.18. The minimum atomic E-state index is -2.82. The monoisotopic (exact) mass is 578 g/mol. The normalized spacial score (nSPS) is 16.0. The molecule has 1 aromatic heterocycles. The minimum Gasteiger partial charge on any atom is -0.494 e. The number of methoxy groups -OCH3 is 1. The van der Waals surface area contributed by atoms with E-state index < -0.39 is 30.3 Å². The Labute approximate surface area is 245 Å². The van der Waals surface area contributed by atoms with Gasteiger partial charge in [-0.15, -0.1) is 10.2 Å². The maximum absolute atomic E-state index is 15.1. The molecule has 1 aliphatic carbocycles. The van der Waals surface area contributed by atoms with Crippen LogP contribution in [0.25, 0.3) is 0 Å². The van der Waals surface area contributed by atoms with Crippen LogP contribution in [0.1, 0.15) is 57.1 Å². The van der Waals surface area contributed by atoms with E-state index >= 15 is 4.39 Å². The number of aromatic nitrogens is 2. The SMILES string of the molecule is [2H]C([2H])([2H])NC(=O)c1nnc(NC(=O)C2CC2)cc1Nc1cccc(C(=O)Nc2ccc(N3CCCCC3=O)cc2F)c1OC. The summed E-state index contributed by atoms with van der Waals surface area (Å²) in [6.45, 7) is -2.33. The maximum atomic E-state index is 15.1. The van der Waals surface area contributed by atoms with Crippen LogP contribution in [0.5, 0.6) is 5.75 Å². The van der Waals surface area contributed by atoms with Gasteiger partial charge in [0.05, 0.1) is 29.7 Å². The number of carbonyl (C=O) groups is 4. The Morgan fingerprint density at radius 3 is 2.57 bits per heavy atom. The fraction of sp³-hybridized carbons (Fsp3) is 0.310. The van der Waals surface area contributed by atoms with E-state index in [1.807, 2.05) is 5.32 Å². The molecular weight excluding hydrogens is 545 g/mol. The number of nitrogens with zero attached hydrogens (tertiary/aromatic N) is 3. The van der Waals surface area contributed by atoms with E-state index in [9.17, 15) is 19.2 Å². The molecule has 42 heavy (non-hydrogen) atoms. The number of hydrogen-bond acceptors (Lipinski definition) is 8. The summed E-state index contributed by atoms with van der Waals surface area (Å²) in [5.74, 6) is -3.01. The van der Waals surface area contributed by atoms with Crippen LogP contribution in [-0.4, -0.2) is 54.5 Å². The molecule has 5 rings (SSSR count). The van der Waals surface area contributed by atoms with Crippen LogP contribution in [0.15, 0.2) is 42.5 Å². The van der Waals surface area contributed by atoms with Gasteiger partial charge in [0.25, 0.3) is 11.8 Å². The number of anilines is 5. The third kappa shape index (κ3) is 6.14. The average molecular weight is 579 g/mol. The van der Waals surface area contributed by atoms with Gasteiger partial charge in [0.2, 0.25) is 11.8 Å². The highest BCUT2D eigenvalue weighted by Crippen LogP contribution is 2.34.